The molecule has 0 radical (unpaired) electrons. The molecule has 33 heavy (non-hydrogen) atoms. The van der Waals surface area contributed by atoms with Crippen molar-refractivity contribution in [1.29, 1.82) is 0 Å². The van der Waals surface area contributed by atoms with Crippen molar-refractivity contribution in [2.75, 3.05) is 13.3 Å². The van der Waals surface area contributed by atoms with E-state index in [9.17, 15) is 13.6 Å². The van der Waals surface area contributed by atoms with Crippen molar-refractivity contribution in [1.82, 2.24) is 0 Å². The van der Waals surface area contributed by atoms with Crippen molar-refractivity contribution in [3.63, 3.8) is 0 Å². The van der Waals surface area contributed by atoms with Crippen LogP contribution in [0.1, 0.15) is 96.8 Å². The molecule has 3 nitrogen and oxygen atoms in total. The summed E-state index contributed by atoms with van der Waals surface area (Å²) in [4.78, 5) is 12.7. The van der Waals surface area contributed by atoms with E-state index in [4.69, 9.17) is 9.47 Å². The van der Waals surface area contributed by atoms with Gasteiger partial charge < -0.3 is 9.47 Å². The van der Waals surface area contributed by atoms with E-state index >= 15 is 0 Å². The monoisotopic (exact) mass is 466 g/mol. The predicted molar refractivity (Wildman–Crippen MR) is 126 cm³/mol. The summed E-state index contributed by atoms with van der Waals surface area (Å²) in [6, 6.07) is 0. The van der Waals surface area contributed by atoms with Crippen LogP contribution in [0.15, 0.2) is 11.9 Å². The minimum absolute atomic E-state index is 0.00251. The van der Waals surface area contributed by atoms with Crippen LogP contribution < -0.4 is 0 Å². The molecule has 1 aliphatic heterocycles. The molecule has 3 aliphatic carbocycles. The number of rotatable bonds is 6. The minimum Gasteiger partial charge on any atom is -0.462 e. The van der Waals surface area contributed by atoms with Crippen molar-refractivity contribution in [2.45, 2.75) is 109 Å². The summed E-state index contributed by atoms with van der Waals surface area (Å²) in [5.41, 5.74) is 0. The normalized spacial score (nSPS) is 40.9. The molecule has 5 heteroatoms. The second-order valence-corrected chi connectivity index (χ2v) is 11.5. The highest BCUT2D eigenvalue weighted by molar-refractivity contribution is 5.72. The molecule has 0 N–H and O–H groups in total. The van der Waals surface area contributed by atoms with Crippen molar-refractivity contribution >= 4 is 5.97 Å². The van der Waals surface area contributed by atoms with E-state index in [-0.39, 0.29) is 29.7 Å². The number of halogens is 2. The number of carbonyl (C=O) groups is 1. The highest BCUT2D eigenvalue weighted by Crippen LogP contribution is 2.41. The van der Waals surface area contributed by atoms with E-state index in [1.54, 1.807) is 0 Å². The number of carbonyl (C=O) groups excluding carboxylic acids is 1. The first kappa shape index (κ1) is 25.1. The van der Waals surface area contributed by atoms with Gasteiger partial charge in [-0.1, -0.05) is 19.8 Å². The molecule has 4 aliphatic rings. The summed E-state index contributed by atoms with van der Waals surface area (Å²) in [6.07, 6.45) is 15.9. The zero-order valence-electron chi connectivity index (χ0n) is 20.5. The summed E-state index contributed by atoms with van der Waals surface area (Å²) < 4.78 is 38.3. The lowest BCUT2D eigenvalue weighted by molar-refractivity contribution is -0.158. The SMILES string of the molecule is CC1CCC(C2CCC(C3CCC(C(=O)OC4CCC(/C(F)=C/CF)CC4)CC3)OC2)CC1. The molecule has 2 unspecified atom stereocenters. The van der Waals surface area contributed by atoms with Gasteiger partial charge in [-0.3, -0.25) is 4.79 Å². The summed E-state index contributed by atoms with van der Waals surface area (Å²) in [7, 11) is 0. The number of hydrogen-bond acceptors (Lipinski definition) is 3. The summed E-state index contributed by atoms with van der Waals surface area (Å²) in [5, 5.41) is 0. The Kier molecular flexibility index (Phi) is 9.24. The fourth-order valence-electron chi connectivity index (χ4n) is 6.98. The van der Waals surface area contributed by atoms with Gasteiger partial charge in [-0.15, -0.1) is 0 Å². The maximum atomic E-state index is 13.8. The van der Waals surface area contributed by atoms with Crippen molar-refractivity contribution in [3.8, 4) is 0 Å². The highest BCUT2D eigenvalue weighted by Gasteiger charge is 2.37. The van der Waals surface area contributed by atoms with Gasteiger partial charge in [0, 0.05) is 5.92 Å². The molecule has 0 spiro atoms. The standard InChI is InChI=1S/C28H44F2O3/c1-19-2-4-20(5-3-19)24-12-15-27(32-18-24)22-6-8-23(9-7-22)28(31)33-25-13-10-21(11-14-25)26(30)16-17-29/h16,19-25,27H,2-15,17-18H2,1H3/b26-16-. The van der Waals surface area contributed by atoms with Crippen LogP contribution in [-0.4, -0.2) is 31.5 Å². The van der Waals surface area contributed by atoms with Crippen LogP contribution in [0.4, 0.5) is 8.78 Å². The zero-order chi connectivity index (χ0) is 23.2. The average molecular weight is 467 g/mol. The van der Waals surface area contributed by atoms with E-state index in [0.717, 1.165) is 56.1 Å². The Labute approximate surface area is 199 Å². The summed E-state index contributed by atoms with van der Waals surface area (Å²) in [5.74, 6) is 2.52. The number of ether oxygens (including phenoxy) is 2. The van der Waals surface area contributed by atoms with Crippen LogP contribution in [0.5, 0.6) is 0 Å². The van der Waals surface area contributed by atoms with Crippen LogP contribution in [0.2, 0.25) is 0 Å². The smallest absolute Gasteiger partial charge is 0.309 e. The first-order valence-electron chi connectivity index (χ1n) is 13.8. The fraction of sp³-hybridized carbons (Fsp3) is 0.893. The lowest BCUT2D eigenvalue weighted by Crippen LogP contribution is -2.38. The maximum Gasteiger partial charge on any atom is 0.309 e. The minimum atomic E-state index is -0.754. The zero-order valence-corrected chi connectivity index (χ0v) is 20.5. The molecule has 4 fully saturated rings. The molecule has 2 atom stereocenters. The fourth-order valence-corrected chi connectivity index (χ4v) is 6.98. The summed E-state index contributed by atoms with van der Waals surface area (Å²) >= 11 is 0. The Morgan fingerprint density at radius 2 is 1.42 bits per heavy atom. The van der Waals surface area contributed by atoms with E-state index < -0.39 is 6.67 Å². The third-order valence-corrected chi connectivity index (χ3v) is 9.32. The Morgan fingerprint density at radius 1 is 0.818 bits per heavy atom. The maximum absolute atomic E-state index is 13.8. The van der Waals surface area contributed by atoms with Gasteiger partial charge in [0.15, 0.2) is 0 Å². The Balaban J connectivity index is 1.13. The van der Waals surface area contributed by atoms with Gasteiger partial charge in [0.2, 0.25) is 0 Å². The first-order chi connectivity index (χ1) is 16.0. The molecule has 1 saturated heterocycles. The van der Waals surface area contributed by atoms with Crippen molar-refractivity contribution in [2.24, 2.45) is 35.5 Å². The number of alkyl halides is 1. The third-order valence-electron chi connectivity index (χ3n) is 9.32. The topological polar surface area (TPSA) is 35.5 Å². The number of hydrogen-bond donors (Lipinski definition) is 0. The van der Waals surface area contributed by atoms with E-state index in [2.05, 4.69) is 6.92 Å². The Bertz CT molecular complexity index is 634. The number of esters is 1. The van der Waals surface area contributed by atoms with Gasteiger partial charge in [-0.2, -0.15) is 0 Å². The molecule has 0 aromatic rings. The van der Waals surface area contributed by atoms with Crippen LogP contribution in [0.25, 0.3) is 0 Å². The molecule has 1 heterocycles. The Hall–Kier alpha value is -0.970. The second-order valence-electron chi connectivity index (χ2n) is 11.5. The third kappa shape index (κ3) is 6.80. The lowest BCUT2D eigenvalue weighted by atomic mass is 9.72. The molecule has 188 valence electrons. The van der Waals surface area contributed by atoms with Gasteiger partial charge in [-0.05, 0) is 107 Å². The molecular formula is C28H44F2O3. The van der Waals surface area contributed by atoms with Crippen LogP contribution in [0, 0.1) is 35.5 Å². The summed E-state index contributed by atoms with van der Waals surface area (Å²) in [6.45, 7) is 2.57. The van der Waals surface area contributed by atoms with Gasteiger partial charge in [0.1, 0.15) is 18.6 Å². The van der Waals surface area contributed by atoms with Crippen LogP contribution in [0.3, 0.4) is 0 Å². The molecule has 0 aromatic heterocycles. The van der Waals surface area contributed by atoms with E-state index in [1.807, 2.05) is 0 Å². The lowest BCUT2D eigenvalue weighted by Gasteiger charge is -2.41. The van der Waals surface area contributed by atoms with Crippen molar-refractivity contribution in [3.05, 3.63) is 11.9 Å². The quantitative estimate of drug-likeness (QED) is 0.384. The van der Waals surface area contributed by atoms with Crippen LogP contribution in [-0.2, 0) is 14.3 Å². The Morgan fingerprint density at radius 3 is 2.03 bits per heavy atom. The van der Waals surface area contributed by atoms with Gasteiger partial charge in [0.25, 0.3) is 0 Å². The predicted octanol–water partition coefficient (Wildman–Crippen LogP) is 7.34. The first-order valence-corrected chi connectivity index (χ1v) is 13.8. The van der Waals surface area contributed by atoms with E-state index in [0.29, 0.717) is 37.7 Å². The van der Waals surface area contributed by atoms with Gasteiger partial charge in [0.05, 0.1) is 18.6 Å². The molecule has 0 aromatic carbocycles. The largest absolute Gasteiger partial charge is 0.462 e. The molecule has 0 amide bonds. The molecule has 3 saturated carbocycles. The van der Waals surface area contributed by atoms with E-state index in [1.165, 1.54) is 38.5 Å². The number of allylic oxidation sites excluding steroid dienone is 2. The molecule has 0 bridgehead atoms. The van der Waals surface area contributed by atoms with Crippen LogP contribution >= 0.6 is 0 Å². The van der Waals surface area contributed by atoms with Gasteiger partial charge in [-0.25, -0.2) is 8.78 Å². The second kappa shape index (κ2) is 12.1. The molecular weight excluding hydrogens is 422 g/mol. The highest BCUT2D eigenvalue weighted by atomic mass is 19.1. The van der Waals surface area contributed by atoms with Gasteiger partial charge >= 0.3 is 5.97 Å². The average Bonchev–Trinajstić information content (AvgIpc) is 2.85. The molecule has 4 rings (SSSR count). The van der Waals surface area contributed by atoms with Crippen molar-refractivity contribution < 1.29 is 23.0 Å².